The summed E-state index contributed by atoms with van der Waals surface area (Å²) in [5.74, 6) is -1.52. The number of carbonyl (C=O) groups is 2. The molecule has 2 aliphatic heterocycles. The fourth-order valence-electron chi connectivity index (χ4n) is 6.03. The summed E-state index contributed by atoms with van der Waals surface area (Å²) in [4.78, 5) is 26.5. The first-order chi connectivity index (χ1) is 19.2. The number of rotatable bonds is 3. The van der Waals surface area contributed by atoms with E-state index in [-0.39, 0.29) is 29.7 Å². The first-order valence-electron chi connectivity index (χ1n) is 14.9. The highest BCUT2D eigenvalue weighted by atomic mass is 16.5. The zero-order valence-corrected chi connectivity index (χ0v) is 25.6. The van der Waals surface area contributed by atoms with Gasteiger partial charge in [0.25, 0.3) is 0 Å². The van der Waals surface area contributed by atoms with Gasteiger partial charge in [0.05, 0.1) is 35.4 Å². The van der Waals surface area contributed by atoms with Gasteiger partial charge in [-0.2, -0.15) is 5.10 Å². The molecule has 8 nitrogen and oxygen atoms in total. The quantitative estimate of drug-likeness (QED) is 0.361. The number of nitrogens with one attached hydrogen (secondary N) is 1. The lowest BCUT2D eigenvalue weighted by atomic mass is 9.73. The second-order valence-corrected chi connectivity index (χ2v) is 13.2. The van der Waals surface area contributed by atoms with E-state index in [1.165, 1.54) is 5.56 Å². The molecule has 224 valence electrons. The zero-order chi connectivity index (χ0) is 30.1. The Morgan fingerprint density at radius 3 is 2.49 bits per heavy atom. The lowest BCUT2D eigenvalue weighted by Crippen LogP contribution is -2.45. The lowest BCUT2D eigenvalue weighted by molar-refractivity contribution is -0.154. The molecule has 7 atom stereocenters. The van der Waals surface area contributed by atoms with Crippen molar-refractivity contribution in [3.63, 3.8) is 0 Å². The fraction of sp³-hybridized carbons (Fsp3) is 0.606. The number of Topliss-reactive ketones (excluding diaryl/α,β-unsaturated/α-hetero) is 1. The monoisotopic (exact) mass is 565 g/mol. The molecule has 2 aliphatic rings. The summed E-state index contributed by atoms with van der Waals surface area (Å²) in [7, 11) is 0. The topological polar surface area (TPSA) is 124 Å². The maximum atomic E-state index is 13.3. The van der Waals surface area contributed by atoms with Crippen molar-refractivity contribution in [3.8, 4) is 5.69 Å². The first-order valence-corrected chi connectivity index (χ1v) is 14.9. The molecule has 0 bridgehead atoms. The molecule has 3 heterocycles. The fourth-order valence-corrected chi connectivity index (χ4v) is 6.03. The minimum Gasteiger partial charge on any atom is -0.458 e. The van der Waals surface area contributed by atoms with Gasteiger partial charge in [-0.25, -0.2) is 4.68 Å². The second-order valence-electron chi connectivity index (χ2n) is 13.2. The Morgan fingerprint density at radius 2 is 1.80 bits per heavy atom. The van der Waals surface area contributed by atoms with Gasteiger partial charge in [0.15, 0.2) is 0 Å². The summed E-state index contributed by atoms with van der Waals surface area (Å²) < 4.78 is 7.81. The van der Waals surface area contributed by atoms with E-state index in [1.807, 2.05) is 68.1 Å². The Kier molecular flexibility index (Phi) is 9.26. The van der Waals surface area contributed by atoms with E-state index in [0.717, 1.165) is 36.2 Å². The van der Waals surface area contributed by atoms with E-state index in [9.17, 15) is 19.8 Å². The number of aryl methyl sites for hydroxylation is 1. The molecule has 2 fully saturated rings. The van der Waals surface area contributed by atoms with Crippen molar-refractivity contribution in [2.45, 2.75) is 110 Å². The van der Waals surface area contributed by atoms with Crippen LogP contribution in [0.4, 0.5) is 0 Å². The molecule has 0 unspecified atom stereocenters. The van der Waals surface area contributed by atoms with Crippen LogP contribution in [0.15, 0.2) is 42.1 Å². The predicted octanol–water partition coefficient (Wildman–Crippen LogP) is 4.78. The highest BCUT2D eigenvalue weighted by molar-refractivity contribution is 5.88. The molecular formula is C33H47N3O5. The van der Waals surface area contributed by atoms with E-state index in [1.54, 1.807) is 20.8 Å². The van der Waals surface area contributed by atoms with Crippen LogP contribution in [0.3, 0.4) is 0 Å². The van der Waals surface area contributed by atoms with Crippen LogP contribution in [0.25, 0.3) is 11.8 Å². The van der Waals surface area contributed by atoms with Gasteiger partial charge >= 0.3 is 5.97 Å². The average Bonchev–Trinajstić information content (AvgIpc) is 3.31. The molecular weight excluding hydrogens is 518 g/mol. The van der Waals surface area contributed by atoms with E-state index in [0.29, 0.717) is 6.42 Å². The van der Waals surface area contributed by atoms with Crippen molar-refractivity contribution < 1.29 is 24.5 Å². The van der Waals surface area contributed by atoms with Crippen molar-refractivity contribution >= 4 is 17.8 Å². The van der Waals surface area contributed by atoms with Crippen LogP contribution < -0.4 is 5.32 Å². The minimum atomic E-state index is -1.24. The summed E-state index contributed by atoms with van der Waals surface area (Å²) >= 11 is 0. The number of ketones is 1. The predicted molar refractivity (Wildman–Crippen MR) is 159 cm³/mol. The van der Waals surface area contributed by atoms with Gasteiger partial charge in [-0.05, 0) is 69.4 Å². The number of nitrogens with zero attached hydrogens (tertiary/aromatic N) is 2. The van der Waals surface area contributed by atoms with Gasteiger partial charge in [0.1, 0.15) is 11.9 Å². The number of aliphatic hydroxyl groups is 2. The molecule has 8 heteroatoms. The van der Waals surface area contributed by atoms with Crippen molar-refractivity contribution in [2.75, 3.05) is 0 Å². The molecule has 0 radical (unpaired) electrons. The van der Waals surface area contributed by atoms with Crippen molar-refractivity contribution in [1.82, 2.24) is 15.1 Å². The van der Waals surface area contributed by atoms with E-state index < -0.39 is 35.6 Å². The molecule has 1 aromatic heterocycles. The molecule has 1 aromatic carbocycles. The van der Waals surface area contributed by atoms with Gasteiger partial charge in [-0.15, -0.1) is 0 Å². The van der Waals surface area contributed by atoms with Gasteiger partial charge in [-0.1, -0.05) is 51.8 Å². The third-order valence-corrected chi connectivity index (χ3v) is 9.40. The third kappa shape index (κ3) is 7.16. The zero-order valence-electron chi connectivity index (χ0n) is 25.6. The van der Waals surface area contributed by atoms with Gasteiger partial charge in [-0.3, -0.25) is 9.59 Å². The maximum absolute atomic E-state index is 13.3. The van der Waals surface area contributed by atoms with Crippen molar-refractivity contribution in [1.29, 1.82) is 0 Å². The standard InChI is InChI=1S/C33H47N3O5/c1-20-10-12-25(13-11-20)36-16-14-24(35-36)17-22(3)26-18-27-33(7,34-27)15-8-9-21(2)30(39)23(4)31(40)32(5,6)28(37)19-29(38)41-26/h10-14,16-17,21,23,26-28,30,34,37,39H,8-9,15,18-19H2,1-7H3/b22-17+/t21-,23+,26-,27-,28-,30-,33+/m0/s1. The van der Waals surface area contributed by atoms with Crippen molar-refractivity contribution in [3.05, 3.63) is 53.4 Å². The molecule has 41 heavy (non-hydrogen) atoms. The Labute approximate surface area is 244 Å². The Hall–Kier alpha value is -2.81. The molecule has 0 spiro atoms. The smallest absolute Gasteiger partial charge is 0.309 e. The SMILES string of the molecule is C/C(=C\c1ccn(-c2ccc(C)cc2)n1)[C@@H]1C[C@@H]2N[C@]2(C)CCC[C@H](C)[C@H](O)[C@@H](C)C(=O)C(C)(C)[C@@H](O)CC(=O)O1. The molecule has 0 amide bonds. The number of cyclic esters (lactones) is 1. The Morgan fingerprint density at radius 1 is 1.12 bits per heavy atom. The molecule has 0 aliphatic carbocycles. The largest absolute Gasteiger partial charge is 0.458 e. The number of benzene rings is 1. The molecule has 0 saturated carbocycles. The van der Waals surface area contributed by atoms with E-state index in [2.05, 4.69) is 12.2 Å². The highest BCUT2D eigenvalue weighted by Crippen LogP contribution is 2.38. The third-order valence-electron chi connectivity index (χ3n) is 9.40. The summed E-state index contributed by atoms with van der Waals surface area (Å²) in [6.45, 7) is 13.1. The lowest BCUT2D eigenvalue weighted by Gasteiger charge is -2.34. The number of hydrogen-bond donors (Lipinski definition) is 3. The molecule has 3 N–H and O–H groups in total. The summed E-state index contributed by atoms with van der Waals surface area (Å²) in [6, 6.07) is 10.2. The Balaban J connectivity index is 1.57. The number of ether oxygens (including phenoxy) is 1. The van der Waals surface area contributed by atoms with Crippen molar-refractivity contribution in [2.24, 2.45) is 17.3 Å². The molecule has 4 rings (SSSR count). The number of esters is 1. The maximum Gasteiger partial charge on any atom is 0.309 e. The molecule has 2 saturated heterocycles. The van der Waals surface area contributed by atoms with Crippen LogP contribution in [-0.2, 0) is 14.3 Å². The van der Waals surface area contributed by atoms with Crippen LogP contribution in [0, 0.1) is 24.2 Å². The number of fused-ring (bicyclic) bond motifs is 1. The van der Waals surface area contributed by atoms with Crippen LogP contribution in [-0.4, -0.2) is 61.6 Å². The minimum absolute atomic E-state index is 0.0572. The second kappa shape index (κ2) is 12.2. The van der Waals surface area contributed by atoms with Crippen LogP contribution in [0.2, 0.25) is 0 Å². The summed E-state index contributed by atoms with van der Waals surface area (Å²) in [5, 5.41) is 30.2. The number of hydrogen-bond acceptors (Lipinski definition) is 7. The molecule has 2 aromatic rings. The van der Waals surface area contributed by atoms with Gasteiger partial charge in [0, 0.05) is 30.1 Å². The average molecular weight is 566 g/mol. The number of carbonyl (C=O) groups excluding carboxylic acids is 2. The van der Waals surface area contributed by atoms with E-state index >= 15 is 0 Å². The van der Waals surface area contributed by atoms with Crippen LogP contribution in [0.1, 0.15) is 84.9 Å². The highest BCUT2D eigenvalue weighted by Gasteiger charge is 2.50. The van der Waals surface area contributed by atoms with Crippen LogP contribution in [0.5, 0.6) is 0 Å². The van der Waals surface area contributed by atoms with Gasteiger partial charge < -0.3 is 20.3 Å². The van der Waals surface area contributed by atoms with E-state index in [4.69, 9.17) is 9.84 Å². The number of aromatic nitrogens is 2. The first kappa shape index (κ1) is 31.1. The Bertz CT molecular complexity index is 1270. The summed E-state index contributed by atoms with van der Waals surface area (Å²) in [6.07, 6.45) is 4.20. The van der Waals surface area contributed by atoms with Gasteiger partial charge in [0.2, 0.25) is 0 Å². The number of aliphatic hydroxyl groups excluding tert-OH is 2. The summed E-state index contributed by atoms with van der Waals surface area (Å²) in [5.41, 5.74) is 2.47. The van der Waals surface area contributed by atoms with Crippen LogP contribution >= 0.6 is 0 Å². The normalized spacial score (nSPS) is 33.6.